The molecule has 0 saturated carbocycles. The molecule has 0 fully saturated rings. The van der Waals surface area contributed by atoms with E-state index in [1.807, 2.05) is 0 Å². The van der Waals surface area contributed by atoms with Crippen LogP contribution in [0, 0.1) is 0 Å². The molecule has 0 aliphatic heterocycles. The Hall–Kier alpha value is -3.14. The molecule has 7 nitrogen and oxygen atoms in total. The summed E-state index contributed by atoms with van der Waals surface area (Å²) < 4.78 is 146. The number of halogens is 12. The SMILES string of the molecule is OB(O)O.OC1C=CC(F)=CC1(F)F.OC1C=CC(F)=CC1(F)F.OC1C=CC(F)=CC1(F)F.OC1C=CC(F)=CC1(F)F. The molecule has 0 aromatic rings. The van der Waals surface area contributed by atoms with E-state index in [1.165, 1.54) is 0 Å². The van der Waals surface area contributed by atoms with E-state index in [4.69, 9.17) is 35.5 Å². The summed E-state index contributed by atoms with van der Waals surface area (Å²) in [4.78, 5) is 0. The van der Waals surface area contributed by atoms with E-state index in [9.17, 15) is 52.7 Å². The van der Waals surface area contributed by atoms with E-state index in [0.29, 0.717) is 0 Å². The molecule has 0 radical (unpaired) electrons. The Bertz CT molecular complexity index is 1020. The molecule has 0 bridgehead atoms. The van der Waals surface area contributed by atoms with E-state index in [0.717, 1.165) is 48.6 Å². The first-order chi connectivity index (χ1) is 19.8. The molecule has 0 heterocycles. The highest BCUT2D eigenvalue weighted by atomic mass is 19.3. The maximum Gasteiger partial charge on any atom is 0.631 e. The molecule has 4 rings (SSSR count). The Morgan fingerprint density at radius 2 is 0.545 bits per heavy atom. The van der Waals surface area contributed by atoms with Crippen LogP contribution in [0.1, 0.15) is 0 Å². The van der Waals surface area contributed by atoms with Crippen LogP contribution in [0.4, 0.5) is 52.7 Å². The van der Waals surface area contributed by atoms with Crippen LogP contribution >= 0.6 is 0 Å². The van der Waals surface area contributed by atoms with Crippen LogP contribution in [0.15, 0.2) is 96.2 Å². The van der Waals surface area contributed by atoms with Gasteiger partial charge in [0.2, 0.25) is 0 Å². The zero-order valence-corrected chi connectivity index (χ0v) is 21.5. The summed E-state index contributed by atoms with van der Waals surface area (Å²) in [5.74, 6) is -17.9. The predicted molar refractivity (Wildman–Crippen MR) is 130 cm³/mol. The largest absolute Gasteiger partial charge is 0.631 e. The first-order valence-electron chi connectivity index (χ1n) is 11.4. The molecule has 0 amide bonds. The van der Waals surface area contributed by atoms with Crippen molar-refractivity contribution in [3.8, 4) is 0 Å². The summed E-state index contributed by atoms with van der Waals surface area (Å²) in [7, 11) is -2.17. The minimum atomic E-state index is -3.46. The first-order valence-corrected chi connectivity index (χ1v) is 11.4. The van der Waals surface area contributed by atoms with Gasteiger partial charge in [-0.15, -0.1) is 0 Å². The van der Waals surface area contributed by atoms with Crippen molar-refractivity contribution in [2.75, 3.05) is 0 Å². The predicted octanol–water partition coefficient (Wildman–Crippen LogP) is 3.57. The lowest BCUT2D eigenvalue weighted by molar-refractivity contribution is -0.0482. The number of allylic oxidation sites excluding steroid dienone is 8. The van der Waals surface area contributed by atoms with Crippen molar-refractivity contribution in [1.29, 1.82) is 0 Å². The lowest BCUT2D eigenvalue weighted by Gasteiger charge is -2.18. The standard InChI is InChI=1S/4C6H5F3O.BH3O3/c4*7-4-1-2-5(10)6(8,9)3-4;2-1(3)4/h4*1-3,5,10H;2-4H. The quantitative estimate of drug-likeness (QED) is 0.156. The molecule has 0 aromatic heterocycles. The Labute approximate surface area is 240 Å². The summed E-state index contributed by atoms with van der Waals surface area (Å²) in [6.07, 6.45) is -1.10. The van der Waals surface area contributed by atoms with Crippen molar-refractivity contribution < 1.29 is 88.2 Å². The second-order valence-corrected chi connectivity index (χ2v) is 8.38. The lowest BCUT2D eigenvalue weighted by atomic mass is 10.1. The van der Waals surface area contributed by atoms with Gasteiger partial charge >= 0.3 is 7.32 Å². The van der Waals surface area contributed by atoms with Crippen LogP contribution in [0.3, 0.4) is 0 Å². The van der Waals surface area contributed by atoms with Gasteiger partial charge in [0, 0.05) is 24.3 Å². The van der Waals surface area contributed by atoms with Crippen molar-refractivity contribution in [1.82, 2.24) is 0 Å². The maximum absolute atomic E-state index is 12.2. The van der Waals surface area contributed by atoms with Gasteiger partial charge in [-0.1, -0.05) is 0 Å². The van der Waals surface area contributed by atoms with Gasteiger partial charge in [-0.3, -0.25) is 0 Å². The van der Waals surface area contributed by atoms with Crippen LogP contribution < -0.4 is 0 Å². The molecule has 248 valence electrons. The first kappa shape index (κ1) is 40.9. The normalized spacial score (nSPS) is 27.9. The Kier molecular flexibility index (Phi) is 15.6. The number of aliphatic hydroxyl groups is 4. The van der Waals surface area contributed by atoms with Gasteiger partial charge in [0.05, 0.1) is 0 Å². The molecule has 0 saturated heterocycles. The van der Waals surface area contributed by atoms with Crippen LogP contribution in [0.5, 0.6) is 0 Å². The van der Waals surface area contributed by atoms with Crippen LogP contribution in [-0.4, -0.2) is 90.9 Å². The number of hydrogen-bond donors (Lipinski definition) is 7. The van der Waals surface area contributed by atoms with Gasteiger partial charge < -0.3 is 35.5 Å². The topological polar surface area (TPSA) is 142 Å². The highest BCUT2D eigenvalue weighted by Gasteiger charge is 2.39. The fraction of sp³-hybridized carbons (Fsp3) is 0.333. The highest BCUT2D eigenvalue weighted by molar-refractivity contribution is 6.30. The van der Waals surface area contributed by atoms with Gasteiger partial charge in [-0.2, -0.15) is 35.1 Å². The van der Waals surface area contributed by atoms with E-state index < -0.39 is 78.7 Å². The zero-order valence-electron chi connectivity index (χ0n) is 21.5. The van der Waals surface area contributed by atoms with Crippen molar-refractivity contribution >= 4 is 7.32 Å². The number of rotatable bonds is 0. The van der Waals surface area contributed by atoms with Crippen LogP contribution in [-0.2, 0) is 0 Å². The Morgan fingerprint density at radius 1 is 0.409 bits per heavy atom. The minimum Gasteiger partial charge on any atom is -0.402 e. The summed E-state index contributed by atoms with van der Waals surface area (Å²) in [5, 5.41) is 55.5. The zero-order chi connectivity index (χ0) is 34.7. The third-order valence-corrected chi connectivity index (χ3v) is 4.65. The van der Waals surface area contributed by atoms with E-state index >= 15 is 0 Å². The monoisotopic (exact) mass is 662 g/mol. The molecule has 0 spiro atoms. The van der Waals surface area contributed by atoms with Gasteiger partial charge in [-0.05, 0) is 48.6 Å². The second kappa shape index (κ2) is 16.8. The van der Waals surface area contributed by atoms with E-state index in [2.05, 4.69) is 0 Å². The molecular formula is C24H23BF12O7. The maximum atomic E-state index is 12.2. The van der Waals surface area contributed by atoms with E-state index in [-0.39, 0.29) is 24.3 Å². The third kappa shape index (κ3) is 15.0. The molecule has 0 aromatic carbocycles. The summed E-state index contributed by atoms with van der Waals surface area (Å²) in [6.45, 7) is 0. The fourth-order valence-corrected chi connectivity index (χ4v) is 2.51. The fourth-order valence-electron chi connectivity index (χ4n) is 2.51. The molecule has 7 N–H and O–H groups in total. The number of hydrogen-bond acceptors (Lipinski definition) is 7. The molecule has 4 aliphatic rings. The van der Waals surface area contributed by atoms with Gasteiger partial charge in [0.25, 0.3) is 23.7 Å². The van der Waals surface area contributed by atoms with Gasteiger partial charge in [0.15, 0.2) is 0 Å². The van der Waals surface area contributed by atoms with Crippen LogP contribution in [0.2, 0.25) is 0 Å². The highest BCUT2D eigenvalue weighted by Crippen LogP contribution is 2.30. The molecule has 44 heavy (non-hydrogen) atoms. The number of alkyl halides is 8. The van der Waals surface area contributed by atoms with Crippen LogP contribution in [0.25, 0.3) is 0 Å². The lowest BCUT2D eigenvalue weighted by Crippen LogP contribution is -2.31. The Morgan fingerprint density at radius 3 is 0.636 bits per heavy atom. The summed E-state index contributed by atoms with van der Waals surface area (Å²) >= 11 is 0. The molecule has 4 aliphatic carbocycles. The van der Waals surface area contributed by atoms with E-state index in [1.54, 1.807) is 0 Å². The number of aliphatic hydroxyl groups excluding tert-OH is 4. The van der Waals surface area contributed by atoms with Crippen molar-refractivity contribution in [3.05, 3.63) is 96.2 Å². The summed E-state index contributed by atoms with van der Waals surface area (Å²) in [6, 6.07) is 0. The molecule has 4 atom stereocenters. The molecular weight excluding hydrogens is 639 g/mol. The smallest absolute Gasteiger partial charge is 0.402 e. The third-order valence-electron chi connectivity index (χ3n) is 4.65. The van der Waals surface area contributed by atoms with Crippen molar-refractivity contribution in [2.45, 2.75) is 48.1 Å². The van der Waals surface area contributed by atoms with Crippen molar-refractivity contribution in [3.63, 3.8) is 0 Å². The van der Waals surface area contributed by atoms with Crippen molar-refractivity contribution in [2.24, 2.45) is 0 Å². The molecule has 20 heteroatoms. The second-order valence-electron chi connectivity index (χ2n) is 8.38. The average molecular weight is 662 g/mol. The van der Waals surface area contributed by atoms with Gasteiger partial charge in [-0.25, -0.2) is 17.6 Å². The summed E-state index contributed by atoms with van der Waals surface area (Å²) in [5.41, 5.74) is 0. The average Bonchev–Trinajstić information content (AvgIpc) is 2.84. The Balaban J connectivity index is 0.000000538. The van der Waals surface area contributed by atoms with Gasteiger partial charge in [0.1, 0.15) is 47.7 Å². The molecule has 4 unspecified atom stereocenters. The minimum absolute atomic E-state index is 0.0949.